The number of primary sulfonamides is 1. The fourth-order valence-corrected chi connectivity index (χ4v) is 4.58. The molecule has 182 valence electrons. The number of benzene rings is 1. The summed E-state index contributed by atoms with van der Waals surface area (Å²) in [5, 5.41) is 12.8. The molecule has 1 aromatic carbocycles. The van der Waals surface area contributed by atoms with Crippen LogP contribution >= 0.6 is 0 Å². The zero-order chi connectivity index (χ0) is 25.3. The average molecular weight is 508 g/mol. The van der Waals surface area contributed by atoms with Crippen LogP contribution in [-0.2, 0) is 16.6 Å². The molecule has 0 saturated heterocycles. The summed E-state index contributed by atoms with van der Waals surface area (Å²) in [6.45, 7) is 0.295. The predicted molar refractivity (Wildman–Crippen MR) is 130 cm³/mol. The highest BCUT2D eigenvalue weighted by Gasteiger charge is 2.27. The Bertz CT molecular complexity index is 1640. The number of hydrogen-bond acceptors (Lipinski definition) is 7. The molecule has 0 bridgehead atoms. The lowest BCUT2D eigenvalue weighted by Gasteiger charge is -2.14. The first-order valence-corrected chi connectivity index (χ1v) is 12.3. The van der Waals surface area contributed by atoms with Crippen LogP contribution in [0.25, 0.3) is 28.0 Å². The van der Waals surface area contributed by atoms with E-state index in [1.165, 1.54) is 4.52 Å². The van der Waals surface area contributed by atoms with Crippen molar-refractivity contribution in [3.8, 4) is 22.5 Å². The number of rotatable bonds is 7. The summed E-state index contributed by atoms with van der Waals surface area (Å²) >= 11 is 0. The highest BCUT2D eigenvalue weighted by molar-refractivity contribution is 7.89. The first kappa shape index (κ1) is 23.5. The molecule has 0 aliphatic carbocycles. The Morgan fingerprint density at radius 3 is 2.47 bits per heavy atom. The molecule has 0 saturated carbocycles. The van der Waals surface area contributed by atoms with Gasteiger partial charge in [-0.25, -0.2) is 31.8 Å². The third-order valence-electron chi connectivity index (χ3n) is 5.48. The van der Waals surface area contributed by atoms with Gasteiger partial charge in [0.1, 0.15) is 10.4 Å². The van der Waals surface area contributed by atoms with Crippen molar-refractivity contribution >= 4 is 21.4 Å². The second-order valence-electron chi connectivity index (χ2n) is 7.79. The summed E-state index contributed by atoms with van der Waals surface area (Å²) < 4.78 is 53.6. The highest BCUT2D eigenvalue weighted by atomic mass is 32.2. The Morgan fingerprint density at radius 2 is 1.78 bits per heavy atom. The van der Waals surface area contributed by atoms with Crippen molar-refractivity contribution in [2.75, 3.05) is 5.32 Å². The Labute approximate surface area is 204 Å². The maximum Gasteiger partial charge on any atom is 0.265 e. The van der Waals surface area contributed by atoms with Gasteiger partial charge in [0.25, 0.3) is 6.43 Å². The van der Waals surface area contributed by atoms with Crippen LogP contribution < -0.4 is 10.5 Å². The molecular weight excluding hydrogens is 488 g/mol. The van der Waals surface area contributed by atoms with Gasteiger partial charge in [0.15, 0.2) is 11.6 Å². The van der Waals surface area contributed by atoms with E-state index < -0.39 is 26.9 Å². The minimum atomic E-state index is -4.47. The molecule has 0 aliphatic heterocycles. The van der Waals surface area contributed by atoms with E-state index in [0.29, 0.717) is 17.9 Å². The lowest BCUT2D eigenvalue weighted by Crippen LogP contribution is -2.16. The Kier molecular flexibility index (Phi) is 6.12. The number of nitrogens with zero attached hydrogens (tertiary/aromatic N) is 5. The molecule has 0 fully saturated rings. The standard InChI is InChI=1S/C24H19F2N7O2S/c25-22(26)20-18(13-28-14-19(20)36(27,34)35)23-31-24(30-12-16-8-4-5-10-29-16)21-17(9-11-33(21)32-23)15-6-2-1-3-7-15/h1-11,13-14,22H,12H2,(H2,27,34,35)(H,30,31,32). The van der Waals surface area contributed by atoms with Crippen LogP contribution in [-0.4, -0.2) is 33.0 Å². The average Bonchev–Trinajstić information content (AvgIpc) is 3.31. The number of aromatic nitrogens is 5. The molecule has 0 aliphatic rings. The smallest absolute Gasteiger partial charge is 0.265 e. The summed E-state index contributed by atoms with van der Waals surface area (Å²) in [6, 6.07) is 16.9. The van der Waals surface area contributed by atoms with E-state index in [9.17, 15) is 17.2 Å². The maximum absolute atomic E-state index is 14.1. The number of pyridine rings is 2. The van der Waals surface area contributed by atoms with Gasteiger partial charge in [-0.2, -0.15) is 0 Å². The van der Waals surface area contributed by atoms with Crippen molar-refractivity contribution in [3.05, 3.63) is 90.6 Å². The van der Waals surface area contributed by atoms with Gasteiger partial charge in [-0.3, -0.25) is 9.97 Å². The van der Waals surface area contributed by atoms with Crippen LogP contribution in [0.15, 0.2) is 84.3 Å². The van der Waals surface area contributed by atoms with Gasteiger partial charge < -0.3 is 5.32 Å². The minimum absolute atomic E-state index is 0.144. The number of hydrogen-bond donors (Lipinski definition) is 2. The van der Waals surface area contributed by atoms with E-state index >= 15 is 0 Å². The van der Waals surface area contributed by atoms with Crippen LogP contribution in [0.5, 0.6) is 0 Å². The second-order valence-corrected chi connectivity index (χ2v) is 9.32. The zero-order valence-electron chi connectivity index (χ0n) is 18.6. The normalized spacial score (nSPS) is 11.8. The molecule has 0 radical (unpaired) electrons. The largest absolute Gasteiger partial charge is 0.363 e. The van der Waals surface area contributed by atoms with E-state index in [1.54, 1.807) is 18.5 Å². The highest BCUT2D eigenvalue weighted by Crippen LogP contribution is 2.36. The summed E-state index contributed by atoms with van der Waals surface area (Å²) in [5.41, 5.74) is 2.01. The van der Waals surface area contributed by atoms with Crippen LogP contribution in [0.1, 0.15) is 17.7 Å². The number of sulfonamides is 1. The zero-order valence-corrected chi connectivity index (χ0v) is 19.4. The molecule has 0 unspecified atom stereocenters. The van der Waals surface area contributed by atoms with Gasteiger partial charge in [-0.1, -0.05) is 36.4 Å². The SMILES string of the molecule is NS(=O)(=O)c1cncc(-c2nc(NCc3ccccn3)c3c(-c4ccccc4)ccn3n2)c1C(F)F. The fraction of sp³-hybridized carbons (Fsp3) is 0.0833. The fourth-order valence-electron chi connectivity index (χ4n) is 3.87. The Balaban J connectivity index is 1.72. The van der Waals surface area contributed by atoms with Crippen molar-refractivity contribution in [1.29, 1.82) is 0 Å². The van der Waals surface area contributed by atoms with Gasteiger partial charge in [0.05, 0.1) is 17.8 Å². The van der Waals surface area contributed by atoms with E-state index in [2.05, 4.69) is 25.4 Å². The van der Waals surface area contributed by atoms with Crippen LogP contribution in [0.4, 0.5) is 14.6 Å². The van der Waals surface area contributed by atoms with Crippen LogP contribution in [0, 0.1) is 0 Å². The molecule has 36 heavy (non-hydrogen) atoms. The number of alkyl halides is 2. The van der Waals surface area contributed by atoms with Crippen LogP contribution in [0.3, 0.4) is 0 Å². The number of nitrogens with two attached hydrogens (primary N) is 1. The number of halogens is 2. The van der Waals surface area contributed by atoms with Gasteiger partial charge in [-0.05, 0) is 23.8 Å². The monoisotopic (exact) mass is 507 g/mol. The summed E-state index contributed by atoms with van der Waals surface area (Å²) in [4.78, 5) is 11.9. The number of fused-ring (bicyclic) bond motifs is 1. The van der Waals surface area contributed by atoms with Crippen molar-refractivity contribution in [2.24, 2.45) is 5.14 Å². The molecular formula is C24H19F2N7O2S. The molecule has 3 N–H and O–H groups in total. The minimum Gasteiger partial charge on any atom is -0.363 e. The van der Waals surface area contributed by atoms with E-state index in [-0.39, 0.29) is 11.4 Å². The molecule has 5 aromatic rings. The lowest BCUT2D eigenvalue weighted by molar-refractivity contribution is 0.148. The number of nitrogens with one attached hydrogen (secondary N) is 1. The predicted octanol–water partition coefficient (Wildman–Crippen LogP) is 4.05. The molecule has 0 atom stereocenters. The topological polar surface area (TPSA) is 128 Å². The van der Waals surface area contributed by atoms with Crippen LogP contribution in [0.2, 0.25) is 0 Å². The van der Waals surface area contributed by atoms with Gasteiger partial charge in [0.2, 0.25) is 10.0 Å². The third kappa shape index (κ3) is 4.51. The van der Waals surface area contributed by atoms with E-state index in [1.807, 2.05) is 48.5 Å². The van der Waals surface area contributed by atoms with Gasteiger partial charge >= 0.3 is 0 Å². The molecule has 9 nitrogen and oxygen atoms in total. The van der Waals surface area contributed by atoms with Crippen molar-refractivity contribution in [3.63, 3.8) is 0 Å². The Morgan fingerprint density at radius 1 is 1.00 bits per heavy atom. The van der Waals surface area contributed by atoms with Crippen molar-refractivity contribution in [2.45, 2.75) is 17.9 Å². The molecule has 0 amide bonds. The third-order valence-corrected chi connectivity index (χ3v) is 6.41. The first-order valence-electron chi connectivity index (χ1n) is 10.7. The number of anilines is 1. The Hall–Kier alpha value is -4.29. The molecule has 0 spiro atoms. The van der Waals surface area contributed by atoms with Crippen molar-refractivity contribution < 1.29 is 17.2 Å². The van der Waals surface area contributed by atoms with E-state index in [4.69, 9.17) is 5.14 Å². The molecule has 5 rings (SSSR count). The molecule has 4 heterocycles. The van der Waals surface area contributed by atoms with E-state index in [0.717, 1.165) is 29.2 Å². The first-order chi connectivity index (χ1) is 17.3. The quantitative estimate of drug-likeness (QED) is 0.340. The summed E-state index contributed by atoms with van der Waals surface area (Å²) in [5.74, 6) is 0.199. The van der Waals surface area contributed by atoms with Gasteiger partial charge in [0, 0.05) is 35.9 Å². The summed E-state index contributed by atoms with van der Waals surface area (Å²) in [6.07, 6.45) is 2.06. The molecule has 4 aromatic heterocycles. The van der Waals surface area contributed by atoms with Gasteiger partial charge in [-0.15, -0.1) is 5.10 Å². The maximum atomic E-state index is 14.1. The summed E-state index contributed by atoms with van der Waals surface area (Å²) in [7, 11) is -4.47. The molecule has 12 heteroatoms. The lowest BCUT2D eigenvalue weighted by atomic mass is 10.1. The van der Waals surface area contributed by atoms with Crippen molar-refractivity contribution in [1.82, 2.24) is 24.6 Å². The second kappa shape index (κ2) is 9.40.